The van der Waals surface area contributed by atoms with Crippen LogP contribution in [0.2, 0.25) is 0 Å². The summed E-state index contributed by atoms with van der Waals surface area (Å²) < 4.78 is 0. The number of carbonyl (C=O) groups is 2. The van der Waals surface area contributed by atoms with E-state index in [-0.39, 0.29) is 5.78 Å². The SMILES string of the molecule is CCc1cc(C(N)=O)c2c(c1)C(=O)CC2. The van der Waals surface area contributed by atoms with Crippen molar-refractivity contribution in [3.05, 3.63) is 34.4 Å². The van der Waals surface area contributed by atoms with Gasteiger partial charge >= 0.3 is 0 Å². The van der Waals surface area contributed by atoms with E-state index in [4.69, 9.17) is 5.73 Å². The lowest BCUT2D eigenvalue weighted by atomic mass is 9.98. The first-order chi connectivity index (χ1) is 7.13. The quantitative estimate of drug-likeness (QED) is 0.791. The lowest BCUT2D eigenvalue weighted by Crippen LogP contribution is -2.14. The van der Waals surface area contributed by atoms with E-state index in [1.54, 1.807) is 6.07 Å². The van der Waals surface area contributed by atoms with Gasteiger partial charge in [-0.25, -0.2) is 0 Å². The summed E-state index contributed by atoms with van der Waals surface area (Å²) in [6.45, 7) is 1.99. The van der Waals surface area contributed by atoms with Crippen LogP contribution in [0.3, 0.4) is 0 Å². The normalized spacial score (nSPS) is 14.1. The Morgan fingerprint density at radius 3 is 2.73 bits per heavy atom. The molecule has 0 saturated carbocycles. The lowest BCUT2D eigenvalue weighted by Gasteiger charge is -2.07. The van der Waals surface area contributed by atoms with Crippen LogP contribution in [-0.4, -0.2) is 11.7 Å². The average Bonchev–Trinajstić information content (AvgIpc) is 2.59. The van der Waals surface area contributed by atoms with Crippen molar-refractivity contribution in [3.63, 3.8) is 0 Å². The molecule has 78 valence electrons. The molecule has 0 heterocycles. The van der Waals surface area contributed by atoms with Crippen LogP contribution in [0.25, 0.3) is 0 Å². The zero-order valence-electron chi connectivity index (χ0n) is 8.67. The molecule has 0 spiro atoms. The third-order valence-electron chi connectivity index (χ3n) is 2.89. The maximum Gasteiger partial charge on any atom is 0.249 e. The zero-order valence-corrected chi connectivity index (χ0v) is 8.67. The Labute approximate surface area is 88.3 Å². The topological polar surface area (TPSA) is 60.2 Å². The van der Waals surface area contributed by atoms with E-state index in [2.05, 4.69) is 0 Å². The molecule has 0 bridgehead atoms. The number of Topliss-reactive ketones (excluding diaryl/α,β-unsaturated/α-hetero) is 1. The molecule has 1 aliphatic rings. The summed E-state index contributed by atoms with van der Waals surface area (Å²) in [5.41, 5.74) is 8.36. The van der Waals surface area contributed by atoms with Crippen LogP contribution in [0.4, 0.5) is 0 Å². The van der Waals surface area contributed by atoms with E-state index in [0.29, 0.717) is 24.0 Å². The maximum absolute atomic E-state index is 11.6. The van der Waals surface area contributed by atoms with Crippen molar-refractivity contribution in [2.75, 3.05) is 0 Å². The van der Waals surface area contributed by atoms with Crippen LogP contribution in [0.5, 0.6) is 0 Å². The highest BCUT2D eigenvalue weighted by Gasteiger charge is 2.24. The van der Waals surface area contributed by atoms with Crippen molar-refractivity contribution in [3.8, 4) is 0 Å². The smallest absolute Gasteiger partial charge is 0.249 e. The van der Waals surface area contributed by atoms with Crippen molar-refractivity contribution < 1.29 is 9.59 Å². The number of carbonyl (C=O) groups excluding carboxylic acids is 2. The summed E-state index contributed by atoms with van der Waals surface area (Å²) >= 11 is 0. The number of nitrogens with two attached hydrogens (primary N) is 1. The minimum Gasteiger partial charge on any atom is -0.366 e. The molecule has 0 aliphatic heterocycles. The largest absolute Gasteiger partial charge is 0.366 e. The van der Waals surface area contributed by atoms with Gasteiger partial charge in [0.1, 0.15) is 0 Å². The fourth-order valence-electron chi connectivity index (χ4n) is 2.05. The van der Waals surface area contributed by atoms with E-state index < -0.39 is 5.91 Å². The van der Waals surface area contributed by atoms with Gasteiger partial charge in [0.25, 0.3) is 0 Å². The van der Waals surface area contributed by atoms with Crippen LogP contribution >= 0.6 is 0 Å². The van der Waals surface area contributed by atoms with Crippen LogP contribution in [0, 0.1) is 0 Å². The number of primary amides is 1. The van der Waals surface area contributed by atoms with Gasteiger partial charge < -0.3 is 5.73 Å². The Hall–Kier alpha value is -1.64. The highest BCUT2D eigenvalue weighted by Crippen LogP contribution is 2.27. The molecule has 1 amide bonds. The summed E-state index contributed by atoms with van der Waals surface area (Å²) in [5, 5.41) is 0. The molecule has 15 heavy (non-hydrogen) atoms. The first kappa shape index (κ1) is 9.90. The van der Waals surface area contributed by atoms with Crippen molar-refractivity contribution >= 4 is 11.7 Å². The number of aryl methyl sites for hydroxylation is 1. The van der Waals surface area contributed by atoms with Crippen molar-refractivity contribution in [2.24, 2.45) is 5.73 Å². The van der Waals surface area contributed by atoms with Gasteiger partial charge in [0.2, 0.25) is 5.91 Å². The second-order valence-electron chi connectivity index (χ2n) is 3.81. The van der Waals surface area contributed by atoms with Gasteiger partial charge in [-0.3, -0.25) is 9.59 Å². The fourth-order valence-corrected chi connectivity index (χ4v) is 2.05. The Kier molecular flexibility index (Phi) is 2.31. The lowest BCUT2D eigenvalue weighted by molar-refractivity contribution is 0.0990. The third kappa shape index (κ3) is 1.54. The molecule has 0 fully saturated rings. The summed E-state index contributed by atoms with van der Waals surface area (Å²) in [6, 6.07) is 3.69. The van der Waals surface area contributed by atoms with E-state index in [1.807, 2.05) is 13.0 Å². The number of amides is 1. The molecule has 0 aromatic heterocycles. The van der Waals surface area contributed by atoms with Crippen LogP contribution in [0.15, 0.2) is 12.1 Å². The molecule has 3 heteroatoms. The first-order valence-corrected chi connectivity index (χ1v) is 5.12. The third-order valence-corrected chi connectivity index (χ3v) is 2.89. The highest BCUT2D eigenvalue weighted by atomic mass is 16.1. The average molecular weight is 203 g/mol. The van der Waals surface area contributed by atoms with E-state index >= 15 is 0 Å². The van der Waals surface area contributed by atoms with E-state index in [9.17, 15) is 9.59 Å². The van der Waals surface area contributed by atoms with Gasteiger partial charge in [0.05, 0.1) is 0 Å². The number of hydrogen-bond acceptors (Lipinski definition) is 2. The molecule has 0 atom stereocenters. The molecule has 0 unspecified atom stereocenters. The van der Waals surface area contributed by atoms with Gasteiger partial charge in [-0.05, 0) is 36.1 Å². The molecule has 1 aromatic rings. The number of rotatable bonds is 2. The van der Waals surface area contributed by atoms with Gasteiger partial charge in [-0.2, -0.15) is 0 Å². The molecule has 0 radical (unpaired) electrons. The number of hydrogen-bond donors (Lipinski definition) is 1. The number of benzene rings is 1. The molecule has 0 saturated heterocycles. The highest BCUT2D eigenvalue weighted by molar-refractivity contribution is 6.05. The summed E-state index contributed by atoms with van der Waals surface area (Å²) in [6.07, 6.45) is 1.96. The Morgan fingerprint density at radius 2 is 2.13 bits per heavy atom. The van der Waals surface area contributed by atoms with Crippen molar-refractivity contribution in [1.29, 1.82) is 0 Å². The minimum absolute atomic E-state index is 0.128. The number of fused-ring (bicyclic) bond motifs is 1. The predicted molar refractivity (Wildman–Crippen MR) is 57.0 cm³/mol. The van der Waals surface area contributed by atoms with Crippen molar-refractivity contribution in [1.82, 2.24) is 0 Å². The molecule has 3 nitrogen and oxygen atoms in total. The fraction of sp³-hybridized carbons (Fsp3) is 0.333. The van der Waals surface area contributed by atoms with Crippen LogP contribution in [-0.2, 0) is 12.8 Å². The van der Waals surface area contributed by atoms with Gasteiger partial charge in [0, 0.05) is 17.5 Å². The molecule has 1 aromatic carbocycles. The predicted octanol–water partition coefficient (Wildman–Crippen LogP) is 1.48. The monoisotopic (exact) mass is 203 g/mol. The van der Waals surface area contributed by atoms with E-state index in [0.717, 1.165) is 17.5 Å². The van der Waals surface area contributed by atoms with E-state index in [1.165, 1.54) is 0 Å². The summed E-state index contributed by atoms with van der Waals surface area (Å²) in [7, 11) is 0. The van der Waals surface area contributed by atoms with Crippen LogP contribution < -0.4 is 5.73 Å². The Balaban J connectivity index is 2.65. The van der Waals surface area contributed by atoms with Gasteiger partial charge in [-0.15, -0.1) is 0 Å². The zero-order chi connectivity index (χ0) is 11.0. The second-order valence-corrected chi connectivity index (χ2v) is 3.81. The summed E-state index contributed by atoms with van der Waals surface area (Å²) in [4.78, 5) is 22.8. The molecular weight excluding hydrogens is 190 g/mol. The summed E-state index contributed by atoms with van der Waals surface area (Å²) in [5.74, 6) is -0.306. The Bertz CT molecular complexity index is 449. The minimum atomic E-state index is -0.434. The van der Waals surface area contributed by atoms with Gasteiger partial charge in [-0.1, -0.05) is 6.92 Å². The second kappa shape index (κ2) is 3.50. The number of ketones is 1. The van der Waals surface area contributed by atoms with Gasteiger partial charge in [0.15, 0.2) is 5.78 Å². The van der Waals surface area contributed by atoms with Crippen molar-refractivity contribution in [2.45, 2.75) is 26.2 Å². The standard InChI is InChI=1S/C12H13NO2/c1-2-7-5-9-8(3-4-11(9)14)10(6-7)12(13)15/h5-6H,2-4H2,1H3,(H2,13,15). The molecule has 2 N–H and O–H groups in total. The van der Waals surface area contributed by atoms with Crippen LogP contribution in [0.1, 0.15) is 45.2 Å². The maximum atomic E-state index is 11.6. The molecule has 1 aliphatic carbocycles. The Morgan fingerprint density at radius 1 is 1.40 bits per heavy atom. The molecule has 2 rings (SSSR count). The first-order valence-electron chi connectivity index (χ1n) is 5.12. The molecular formula is C12H13NO2.